The van der Waals surface area contributed by atoms with Gasteiger partial charge >= 0.3 is 0 Å². The van der Waals surface area contributed by atoms with Crippen molar-refractivity contribution in [3.8, 4) is 12.3 Å². The van der Waals surface area contributed by atoms with Crippen LogP contribution in [0.4, 0.5) is 5.69 Å². The van der Waals surface area contributed by atoms with Gasteiger partial charge in [-0.05, 0) is 18.6 Å². The summed E-state index contributed by atoms with van der Waals surface area (Å²) in [7, 11) is 0. The number of amides is 3. The van der Waals surface area contributed by atoms with Crippen LogP contribution in [0.2, 0.25) is 0 Å². The molecule has 3 amide bonds. The standard InChI is InChI=1S/C18H17N5O3/c1-2-8-18(21-22-18)10-19-13-5-3-4-11-12(13)9-23(17(11)26)14-6-7-15(24)20-16(14)25/h1,3-5,14,19H,6-10H2,(H,20,24,25)/t14-/m1/s1. The summed E-state index contributed by atoms with van der Waals surface area (Å²) in [6.45, 7) is 0.778. The number of rotatable bonds is 5. The van der Waals surface area contributed by atoms with E-state index in [-0.39, 0.29) is 18.2 Å². The van der Waals surface area contributed by atoms with Crippen molar-refractivity contribution >= 4 is 23.4 Å². The molecule has 0 bridgehead atoms. The Balaban J connectivity index is 1.52. The molecule has 3 aliphatic heterocycles. The van der Waals surface area contributed by atoms with E-state index in [0.717, 1.165) is 11.3 Å². The Kier molecular flexibility index (Phi) is 3.72. The predicted molar refractivity (Wildman–Crippen MR) is 92.0 cm³/mol. The lowest BCUT2D eigenvalue weighted by Gasteiger charge is -2.29. The Bertz CT molecular complexity index is 879. The number of anilines is 1. The number of imide groups is 1. The minimum absolute atomic E-state index is 0.197. The van der Waals surface area contributed by atoms with Gasteiger partial charge in [0.15, 0.2) is 0 Å². The highest BCUT2D eigenvalue weighted by molar-refractivity contribution is 6.06. The molecule has 26 heavy (non-hydrogen) atoms. The molecule has 1 aromatic rings. The van der Waals surface area contributed by atoms with Crippen LogP contribution in [0, 0.1) is 12.3 Å². The van der Waals surface area contributed by atoms with Crippen LogP contribution < -0.4 is 10.6 Å². The zero-order chi connectivity index (χ0) is 18.3. The first kappa shape index (κ1) is 16.3. The molecule has 132 valence electrons. The first-order chi connectivity index (χ1) is 12.5. The summed E-state index contributed by atoms with van der Waals surface area (Å²) in [5, 5.41) is 13.6. The highest BCUT2D eigenvalue weighted by atomic mass is 16.2. The van der Waals surface area contributed by atoms with Crippen molar-refractivity contribution in [1.29, 1.82) is 0 Å². The molecule has 0 unspecified atom stereocenters. The van der Waals surface area contributed by atoms with E-state index in [0.29, 0.717) is 31.5 Å². The minimum Gasteiger partial charge on any atom is -0.380 e. The summed E-state index contributed by atoms with van der Waals surface area (Å²) in [6.07, 6.45) is 6.35. The van der Waals surface area contributed by atoms with Gasteiger partial charge in [-0.15, -0.1) is 12.3 Å². The molecule has 2 N–H and O–H groups in total. The summed E-state index contributed by atoms with van der Waals surface area (Å²) in [6, 6.07) is 4.80. The molecule has 8 nitrogen and oxygen atoms in total. The maximum atomic E-state index is 12.8. The lowest BCUT2D eigenvalue weighted by Crippen LogP contribution is -2.52. The second kappa shape index (κ2) is 5.95. The summed E-state index contributed by atoms with van der Waals surface area (Å²) in [4.78, 5) is 37.8. The molecule has 0 radical (unpaired) electrons. The van der Waals surface area contributed by atoms with Crippen molar-refractivity contribution in [2.45, 2.75) is 37.5 Å². The number of hydrogen-bond acceptors (Lipinski definition) is 6. The Labute approximate surface area is 150 Å². The summed E-state index contributed by atoms with van der Waals surface area (Å²) >= 11 is 0. The number of benzene rings is 1. The van der Waals surface area contributed by atoms with Crippen LogP contribution in [0.1, 0.15) is 35.2 Å². The molecule has 3 heterocycles. The van der Waals surface area contributed by atoms with Crippen LogP contribution in [0.5, 0.6) is 0 Å². The maximum absolute atomic E-state index is 12.8. The van der Waals surface area contributed by atoms with Gasteiger partial charge in [0, 0.05) is 29.8 Å². The average Bonchev–Trinajstić information content (AvgIpc) is 3.30. The van der Waals surface area contributed by atoms with Crippen LogP contribution in [0.25, 0.3) is 0 Å². The van der Waals surface area contributed by atoms with E-state index >= 15 is 0 Å². The molecule has 4 rings (SSSR count). The van der Waals surface area contributed by atoms with Gasteiger partial charge in [-0.3, -0.25) is 19.7 Å². The fraction of sp³-hybridized carbons (Fsp3) is 0.389. The van der Waals surface area contributed by atoms with Crippen molar-refractivity contribution in [3.63, 3.8) is 0 Å². The van der Waals surface area contributed by atoms with Gasteiger partial charge in [0.2, 0.25) is 17.5 Å². The molecular formula is C18H17N5O3. The Morgan fingerprint density at radius 2 is 2.15 bits per heavy atom. The van der Waals surface area contributed by atoms with E-state index in [1.807, 2.05) is 6.07 Å². The van der Waals surface area contributed by atoms with E-state index in [9.17, 15) is 14.4 Å². The first-order valence-corrected chi connectivity index (χ1v) is 8.41. The maximum Gasteiger partial charge on any atom is 0.255 e. The molecule has 0 spiro atoms. The van der Waals surface area contributed by atoms with Gasteiger partial charge in [-0.2, -0.15) is 10.2 Å². The highest BCUT2D eigenvalue weighted by Crippen LogP contribution is 2.35. The number of fused-ring (bicyclic) bond motifs is 1. The number of carbonyl (C=O) groups excluding carboxylic acids is 3. The van der Waals surface area contributed by atoms with Gasteiger partial charge in [-0.25, -0.2) is 0 Å². The SMILES string of the molecule is C#CCC1(CNc2cccc3c2CN([C@@H]2CCC(=O)NC2=O)C3=O)N=N1. The van der Waals surface area contributed by atoms with E-state index in [1.165, 1.54) is 4.90 Å². The zero-order valence-electron chi connectivity index (χ0n) is 14.0. The first-order valence-electron chi connectivity index (χ1n) is 8.41. The van der Waals surface area contributed by atoms with Gasteiger partial charge in [0.05, 0.1) is 13.0 Å². The van der Waals surface area contributed by atoms with Gasteiger partial charge in [0.1, 0.15) is 6.04 Å². The summed E-state index contributed by atoms with van der Waals surface area (Å²) in [5.41, 5.74) is 1.64. The second-order valence-corrected chi connectivity index (χ2v) is 6.65. The Morgan fingerprint density at radius 3 is 2.85 bits per heavy atom. The van der Waals surface area contributed by atoms with E-state index in [4.69, 9.17) is 6.42 Å². The highest BCUT2D eigenvalue weighted by Gasteiger charge is 2.41. The Morgan fingerprint density at radius 1 is 1.35 bits per heavy atom. The van der Waals surface area contributed by atoms with E-state index < -0.39 is 17.6 Å². The molecular weight excluding hydrogens is 334 g/mol. The second-order valence-electron chi connectivity index (χ2n) is 6.65. The third kappa shape index (κ3) is 2.71. The largest absolute Gasteiger partial charge is 0.380 e. The predicted octanol–water partition coefficient (Wildman–Crippen LogP) is 1.04. The fourth-order valence-electron chi connectivity index (χ4n) is 3.43. The molecule has 1 atom stereocenters. The molecule has 3 aliphatic rings. The number of hydrogen-bond donors (Lipinski definition) is 2. The average molecular weight is 351 g/mol. The summed E-state index contributed by atoms with van der Waals surface area (Å²) in [5.74, 6) is 1.65. The van der Waals surface area contributed by atoms with Crippen LogP contribution >= 0.6 is 0 Å². The van der Waals surface area contributed by atoms with Gasteiger partial charge in [-0.1, -0.05) is 6.07 Å². The summed E-state index contributed by atoms with van der Waals surface area (Å²) < 4.78 is 0. The molecule has 0 saturated carbocycles. The van der Waals surface area contributed by atoms with Gasteiger partial charge in [0.25, 0.3) is 5.91 Å². The van der Waals surface area contributed by atoms with Crippen molar-refractivity contribution in [3.05, 3.63) is 29.3 Å². The Hall–Kier alpha value is -3.21. The third-order valence-corrected chi connectivity index (χ3v) is 4.91. The number of nitrogens with zero attached hydrogens (tertiary/aromatic N) is 3. The normalized spacial score (nSPS) is 22.7. The van der Waals surface area contributed by atoms with E-state index in [1.54, 1.807) is 12.1 Å². The number of terminal acetylenes is 1. The van der Waals surface area contributed by atoms with Crippen LogP contribution in [-0.4, -0.2) is 40.9 Å². The topological polar surface area (TPSA) is 103 Å². The minimum atomic E-state index is -0.623. The number of carbonyl (C=O) groups is 3. The third-order valence-electron chi connectivity index (χ3n) is 4.91. The van der Waals surface area contributed by atoms with Crippen molar-refractivity contribution in [2.75, 3.05) is 11.9 Å². The van der Waals surface area contributed by atoms with E-state index in [2.05, 4.69) is 26.8 Å². The van der Waals surface area contributed by atoms with Crippen LogP contribution in [0.15, 0.2) is 28.4 Å². The van der Waals surface area contributed by atoms with Crippen molar-refractivity contribution < 1.29 is 14.4 Å². The molecule has 0 aromatic heterocycles. The quantitative estimate of drug-likeness (QED) is 0.611. The lowest BCUT2D eigenvalue weighted by atomic mass is 10.0. The lowest BCUT2D eigenvalue weighted by molar-refractivity contribution is -0.136. The zero-order valence-corrected chi connectivity index (χ0v) is 14.0. The molecule has 1 saturated heterocycles. The van der Waals surface area contributed by atoms with Crippen LogP contribution in [0.3, 0.4) is 0 Å². The van der Waals surface area contributed by atoms with Gasteiger partial charge < -0.3 is 10.2 Å². The molecule has 1 fully saturated rings. The van der Waals surface area contributed by atoms with Crippen molar-refractivity contribution in [1.82, 2.24) is 10.2 Å². The smallest absolute Gasteiger partial charge is 0.255 e. The number of nitrogens with one attached hydrogen (secondary N) is 2. The van der Waals surface area contributed by atoms with Crippen LogP contribution in [-0.2, 0) is 16.1 Å². The molecule has 1 aromatic carbocycles. The van der Waals surface area contributed by atoms with Crippen molar-refractivity contribution in [2.24, 2.45) is 10.2 Å². The number of piperidine rings is 1. The molecule has 8 heteroatoms. The fourth-order valence-corrected chi connectivity index (χ4v) is 3.43. The molecule has 0 aliphatic carbocycles. The monoisotopic (exact) mass is 351 g/mol.